The number of hydrogen-bond acceptors (Lipinski definition) is 3. The van der Waals surface area contributed by atoms with Crippen molar-refractivity contribution < 1.29 is 8.78 Å². The van der Waals surface area contributed by atoms with E-state index >= 15 is 0 Å². The SMILES string of the molecule is O=c1c2ncccc2ncn1Cc1c(F)cc(-c2ccc3cccn3c2)cc1F. The highest BCUT2D eigenvalue weighted by molar-refractivity contribution is 5.72. The molecule has 0 aliphatic heterocycles. The van der Waals surface area contributed by atoms with Gasteiger partial charge in [-0.15, -0.1) is 0 Å². The molecule has 0 unspecified atom stereocenters. The lowest BCUT2D eigenvalue weighted by Crippen LogP contribution is -2.23. The van der Waals surface area contributed by atoms with Gasteiger partial charge in [0.2, 0.25) is 0 Å². The summed E-state index contributed by atoms with van der Waals surface area (Å²) in [6.45, 7) is -0.271. The first-order valence-corrected chi connectivity index (χ1v) is 8.95. The smallest absolute Gasteiger partial charge is 0.280 e. The van der Waals surface area contributed by atoms with Gasteiger partial charge in [0.15, 0.2) is 5.52 Å². The summed E-state index contributed by atoms with van der Waals surface area (Å²) < 4.78 is 32.6. The van der Waals surface area contributed by atoms with E-state index in [1.165, 1.54) is 24.7 Å². The molecule has 0 amide bonds. The lowest BCUT2D eigenvalue weighted by atomic mass is 10.0. The Morgan fingerprint density at radius 1 is 0.931 bits per heavy atom. The third kappa shape index (κ3) is 2.97. The van der Waals surface area contributed by atoms with Crippen molar-refractivity contribution >= 4 is 16.6 Å². The largest absolute Gasteiger partial charge is 0.323 e. The third-order valence-electron chi connectivity index (χ3n) is 4.91. The number of aromatic nitrogens is 4. The van der Waals surface area contributed by atoms with Gasteiger partial charge < -0.3 is 4.40 Å². The molecular formula is C22H14F2N4O. The Balaban J connectivity index is 1.55. The van der Waals surface area contributed by atoms with E-state index in [1.807, 2.05) is 41.1 Å². The summed E-state index contributed by atoms with van der Waals surface area (Å²) in [5.74, 6) is -1.44. The van der Waals surface area contributed by atoms with Gasteiger partial charge in [-0.25, -0.2) is 18.7 Å². The fourth-order valence-electron chi connectivity index (χ4n) is 3.39. The van der Waals surface area contributed by atoms with Crippen LogP contribution in [-0.2, 0) is 6.54 Å². The van der Waals surface area contributed by atoms with Gasteiger partial charge in [0.05, 0.1) is 18.4 Å². The van der Waals surface area contributed by atoms with Crippen molar-refractivity contribution in [3.8, 4) is 11.1 Å². The van der Waals surface area contributed by atoms with Gasteiger partial charge in [-0.05, 0) is 53.6 Å². The van der Waals surface area contributed by atoms with Crippen LogP contribution in [0.5, 0.6) is 0 Å². The number of rotatable bonds is 3. The maximum absolute atomic E-state index is 14.8. The fourth-order valence-corrected chi connectivity index (χ4v) is 3.39. The average molecular weight is 388 g/mol. The molecule has 0 radical (unpaired) electrons. The lowest BCUT2D eigenvalue weighted by Gasteiger charge is -2.11. The summed E-state index contributed by atoms with van der Waals surface area (Å²) in [4.78, 5) is 20.7. The molecular weight excluding hydrogens is 374 g/mol. The predicted octanol–water partition coefficient (Wildman–Crippen LogP) is 4.04. The van der Waals surface area contributed by atoms with Crippen LogP contribution >= 0.6 is 0 Å². The maximum atomic E-state index is 14.8. The first-order chi connectivity index (χ1) is 14.1. The number of fused-ring (bicyclic) bond motifs is 2. The molecule has 7 heteroatoms. The minimum Gasteiger partial charge on any atom is -0.323 e. The number of halogens is 2. The molecule has 0 saturated carbocycles. The molecule has 4 heterocycles. The van der Waals surface area contributed by atoms with Crippen molar-refractivity contribution in [2.75, 3.05) is 0 Å². The zero-order valence-electron chi connectivity index (χ0n) is 15.1. The predicted molar refractivity (Wildman–Crippen MR) is 106 cm³/mol. The summed E-state index contributed by atoms with van der Waals surface area (Å²) in [6.07, 6.45) is 6.44. The van der Waals surface area contributed by atoms with Gasteiger partial charge in [0.25, 0.3) is 5.56 Å². The summed E-state index contributed by atoms with van der Waals surface area (Å²) >= 11 is 0. The Labute approximate surface area is 163 Å². The topological polar surface area (TPSA) is 52.2 Å². The molecule has 0 bridgehead atoms. The van der Waals surface area contributed by atoms with Crippen molar-refractivity contribution in [3.63, 3.8) is 0 Å². The van der Waals surface area contributed by atoms with E-state index in [1.54, 1.807) is 12.1 Å². The Morgan fingerprint density at radius 2 is 1.76 bits per heavy atom. The van der Waals surface area contributed by atoms with Crippen LogP contribution in [-0.4, -0.2) is 18.9 Å². The molecule has 0 aliphatic rings. The second kappa shape index (κ2) is 6.63. The van der Waals surface area contributed by atoms with Crippen LogP contribution in [0.25, 0.3) is 27.7 Å². The summed E-state index contributed by atoms with van der Waals surface area (Å²) in [7, 11) is 0. The first kappa shape index (κ1) is 17.2. The third-order valence-corrected chi connectivity index (χ3v) is 4.91. The Hall–Kier alpha value is -3.87. The van der Waals surface area contributed by atoms with Gasteiger partial charge >= 0.3 is 0 Å². The molecule has 0 spiro atoms. The molecule has 5 nitrogen and oxygen atoms in total. The monoisotopic (exact) mass is 388 g/mol. The van der Waals surface area contributed by atoms with E-state index in [0.717, 1.165) is 10.1 Å². The van der Waals surface area contributed by atoms with Crippen LogP contribution in [0.15, 0.2) is 78.2 Å². The highest BCUT2D eigenvalue weighted by Gasteiger charge is 2.15. The van der Waals surface area contributed by atoms with Crippen molar-refractivity contribution in [2.24, 2.45) is 0 Å². The molecule has 0 N–H and O–H groups in total. The molecule has 5 rings (SSSR count). The number of nitrogens with zero attached hydrogens (tertiary/aromatic N) is 4. The number of hydrogen-bond donors (Lipinski definition) is 0. The van der Waals surface area contributed by atoms with Gasteiger partial charge in [0, 0.05) is 29.7 Å². The van der Waals surface area contributed by atoms with Crippen molar-refractivity contribution in [2.45, 2.75) is 6.54 Å². The van der Waals surface area contributed by atoms with Crippen molar-refractivity contribution in [1.29, 1.82) is 0 Å². The molecule has 4 aromatic heterocycles. The quantitative estimate of drug-likeness (QED) is 0.469. The van der Waals surface area contributed by atoms with E-state index in [9.17, 15) is 13.6 Å². The van der Waals surface area contributed by atoms with E-state index in [0.29, 0.717) is 16.6 Å². The van der Waals surface area contributed by atoms with Crippen LogP contribution in [0.1, 0.15) is 5.56 Å². The van der Waals surface area contributed by atoms with Crippen LogP contribution in [0.2, 0.25) is 0 Å². The molecule has 0 aliphatic carbocycles. The molecule has 29 heavy (non-hydrogen) atoms. The molecule has 0 saturated heterocycles. The molecule has 5 aromatic rings. The fraction of sp³-hybridized carbons (Fsp3) is 0.0455. The van der Waals surface area contributed by atoms with Gasteiger partial charge in [-0.2, -0.15) is 0 Å². The van der Waals surface area contributed by atoms with Gasteiger partial charge in [-0.3, -0.25) is 9.36 Å². The van der Waals surface area contributed by atoms with Crippen LogP contribution in [0, 0.1) is 11.6 Å². The van der Waals surface area contributed by atoms with E-state index in [-0.39, 0.29) is 17.6 Å². The Bertz CT molecular complexity index is 1420. The lowest BCUT2D eigenvalue weighted by molar-refractivity contribution is 0.541. The van der Waals surface area contributed by atoms with Gasteiger partial charge in [-0.1, -0.05) is 6.07 Å². The van der Waals surface area contributed by atoms with Crippen molar-refractivity contribution in [3.05, 3.63) is 101 Å². The second-order valence-electron chi connectivity index (χ2n) is 6.73. The summed E-state index contributed by atoms with van der Waals surface area (Å²) in [5, 5.41) is 0. The number of pyridine rings is 2. The normalized spacial score (nSPS) is 11.4. The maximum Gasteiger partial charge on any atom is 0.280 e. The highest BCUT2D eigenvalue weighted by atomic mass is 19.1. The summed E-state index contributed by atoms with van der Waals surface area (Å²) in [5.41, 5.74) is 2.05. The van der Waals surface area contributed by atoms with Crippen molar-refractivity contribution in [1.82, 2.24) is 18.9 Å². The van der Waals surface area contributed by atoms with E-state index in [4.69, 9.17) is 0 Å². The minimum absolute atomic E-state index is 0.160. The highest BCUT2D eigenvalue weighted by Crippen LogP contribution is 2.25. The van der Waals surface area contributed by atoms with E-state index in [2.05, 4.69) is 9.97 Å². The molecule has 1 aromatic carbocycles. The van der Waals surface area contributed by atoms with Crippen LogP contribution in [0.3, 0.4) is 0 Å². The molecule has 0 fully saturated rings. The van der Waals surface area contributed by atoms with E-state index < -0.39 is 17.2 Å². The van der Waals surface area contributed by atoms with Crippen LogP contribution in [0.4, 0.5) is 8.78 Å². The van der Waals surface area contributed by atoms with Crippen LogP contribution < -0.4 is 5.56 Å². The Morgan fingerprint density at radius 3 is 2.59 bits per heavy atom. The minimum atomic E-state index is -0.722. The number of benzene rings is 1. The average Bonchev–Trinajstić information content (AvgIpc) is 3.20. The molecule has 0 atom stereocenters. The zero-order chi connectivity index (χ0) is 20.0. The Kier molecular flexibility index (Phi) is 3.94. The summed E-state index contributed by atoms with van der Waals surface area (Å²) in [6, 6.07) is 13.4. The zero-order valence-corrected chi connectivity index (χ0v) is 15.1. The second-order valence-corrected chi connectivity index (χ2v) is 6.73. The standard InChI is InChI=1S/C22H14F2N4O/c23-18-9-15(14-5-6-16-3-2-8-27(16)11-14)10-19(24)17(18)12-28-13-26-20-4-1-7-25-21(20)22(28)29/h1-11,13H,12H2. The first-order valence-electron chi connectivity index (χ1n) is 8.95. The van der Waals surface area contributed by atoms with Gasteiger partial charge in [0.1, 0.15) is 11.6 Å². The molecule has 142 valence electrons.